The summed E-state index contributed by atoms with van der Waals surface area (Å²) in [5.41, 5.74) is -0.417. The van der Waals surface area contributed by atoms with Crippen LogP contribution in [0.4, 0.5) is 0 Å². The van der Waals surface area contributed by atoms with Crippen molar-refractivity contribution in [3.05, 3.63) is 12.2 Å². The Bertz CT molecular complexity index is 244. The van der Waals surface area contributed by atoms with E-state index >= 15 is 0 Å². The lowest BCUT2D eigenvalue weighted by atomic mass is 9.74. The van der Waals surface area contributed by atoms with Crippen LogP contribution in [0.2, 0.25) is 0 Å². The van der Waals surface area contributed by atoms with Gasteiger partial charge in [0.1, 0.15) is 0 Å². The SMILES string of the molecule is CC[C@]1(C(=O)O)C[C@@H]2C=C[C@H]1C2. The third kappa shape index (κ3) is 0.780. The van der Waals surface area contributed by atoms with Crippen LogP contribution in [0, 0.1) is 17.3 Å². The largest absolute Gasteiger partial charge is 0.481 e. The van der Waals surface area contributed by atoms with Crippen molar-refractivity contribution >= 4 is 5.97 Å². The van der Waals surface area contributed by atoms with Gasteiger partial charge in [0.15, 0.2) is 0 Å². The van der Waals surface area contributed by atoms with Gasteiger partial charge < -0.3 is 5.11 Å². The van der Waals surface area contributed by atoms with Crippen molar-refractivity contribution in [1.82, 2.24) is 0 Å². The van der Waals surface area contributed by atoms with Crippen molar-refractivity contribution in [2.45, 2.75) is 26.2 Å². The van der Waals surface area contributed by atoms with E-state index in [0.717, 1.165) is 19.3 Å². The predicted octanol–water partition coefficient (Wildman–Crippen LogP) is 2.06. The maximum Gasteiger partial charge on any atom is 0.310 e. The Balaban J connectivity index is 2.31. The predicted molar refractivity (Wildman–Crippen MR) is 45.7 cm³/mol. The fourth-order valence-corrected chi connectivity index (χ4v) is 2.76. The number of allylic oxidation sites excluding steroid dienone is 2. The van der Waals surface area contributed by atoms with E-state index < -0.39 is 11.4 Å². The molecule has 0 spiro atoms. The number of carboxylic acids is 1. The molecule has 0 saturated heterocycles. The molecule has 2 nitrogen and oxygen atoms in total. The molecule has 0 heterocycles. The monoisotopic (exact) mass is 166 g/mol. The Kier molecular flexibility index (Phi) is 1.53. The molecule has 2 aliphatic carbocycles. The maximum atomic E-state index is 11.1. The minimum absolute atomic E-state index is 0.310. The van der Waals surface area contributed by atoms with Gasteiger partial charge in [0.05, 0.1) is 5.41 Å². The first-order chi connectivity index (χ1) is 5.69. The molecule has 12 heavy (non-hydrogen) atoms. The number of rotatable bonds is 2. The van der Waals surface area contributed by atoms with Crippen molar-refractivity contribution in [3.63, 3.8) is 0 Å². The van der Waals surface area contributed by atoms with E-state index in [4.69, 9.17) is 5.11 Å². The summed E-state index contributed by atoms with van der Waals surface area (Å²) in [5.74, 6) is 0.262. The number of hydrogen-bond acceptors (Lipinski definition) is 1. The maximum absolute atomic E-state index is 11.1. The molecule has 0 radical (unpaired) electrons. The molecular weight excluding hydrogens is 152 g/mol. The standard InChI is InChI=1S/C10H14O2/c1-2-10(9(11)12)6-7-3-4-8(10)5-7/h3-4,7-8H,2,5-6H2,1H3,(H,11,12)/t7-,8+,10+/m1/s1. The smallest absolute Gasteiger partial charge is 0.310 e. The lowest BCUT2D eigenvalue weighted by molar-refractivity contribution is -0.150. The highest BCUT2D eigenvalue weighted by atomic mass is 16.4. The second-order valence-corrected chi connectivity index (χ2v) is 4.01. The zero-order valence-corrected chi connectivity index (χ0v) is 7.29. The van der Waals surface area contributed by atoms with Gasteiger partial charge in [-0.25, -0.2) is 0 Å². The molecular formula is C10H14O2. The number of aliphatic carboxylic acids is 1. The third-order valence-corrected chi connectivity index (χ3v) is 3.57. The zero-order chi connectivity index (χ0) is 8.77. The normalized spacial score (nSPS) is 43.8. The Labute approximate surface area is 72.3 Å². The first kappa shape index (κ1) is 7.84. The highest BCUT2D eigenvalue weighted by molar-refractivity contribution is 5.76. The van der Waals surface area contributed by atoms with E-state index in [9.17, 15) is 4.79 Å². The number of fused-ring (bicyclic) bond motifs is 2. The molecule has 0 amide bonds. The summed E-state index contributed by atoms with van der Waals surface area (Å²) in [6.45, 7) is 1.99. The minimum Gasteiger partial charge on any atom is -0.481 e. The van der Waals surface area contributed by atoms with E-state index in [1.54, 1.807) is 0 Å². The molecule has 1 fully saturated rings. The highest BCUT2D eigenvalue weighted by Gasteiger charge is 2.52. The molecule has 0 aromatic carbocycles. The average Bonchev–Trinajstić information content (AvgIpc) is 2.62. The summed E-state index contributed by atoms with van der Waals surface area (Å²) in [6, 6.07) is 0. The number of hydrogen-bond donors (Lipinski definition) is 1. The van der Waals surface area contributed by atoms with Crippen molar-refractivity contribution in [3.8, 4) is 0 Å². The van der Waals surface area contributed by atoms with Gasteiger partial charge in [-0.3, -0.25) is 4.79 Å². The molecule has 0 unspecified atom stereocenters. The van der Waals surface area contributed by atoms with E-state index in [1.807, 2.05) is 6.92 Å². The Hall–Kier alpha value is -0.790. The first-order valence-corrected chi connectivity index (χ1v) is 4.61. The Morgan fingerprint density at radius 2 is 2.42 bits per heavy atom. The van der Waals surface area contributed by atoms with Crippen LogP contribution in [0.3, 0.4) is 0 Å². The third-order valence-electron chi connectivity index (χ3n) is 3.57. The summed E-state index contributed by atoms with van der Waals surface area (Å²) in [4.78, 5) is 11.1. The van der Waals surface area contributed by atoms with Gasteiger partial charge in [0.25, 0.3) is 0 Å². The number of carbonyl (C=O) groups is 1. The van der Waals surface area contributed by atoms with Crippen molar-refractivity contribution in [2.75, 3.05) is 0 Å². The van der Waals surface area contributed by atoms with Crippen molar-refractivity contribution in [1.29, 1.82) is 0 Å². The van der Waals surface area contributed by atoms with Gasteiger partial charge in [-0.15, -0.1) is 0 Å². The summed E-state index contributed by atoms with van der Waals surface area (Å²) in [5, 5.41) is 9.15. The van der Waals surface area contributed by atoms with E-state index in [0.29, 0.717) is 11.8 Å². The molecule has 66 valence electrons. The fourth-order valence-electron chi connectivity index (χ4n) is 2.76. The quantitative estimate of drug-likeness (QED) is 0.637. The van der Waals surface area contributed by atoms with Gasteiger partial charge in [-0.1, -0.05) is 19.1 Å². The topological polar surface area (TPSA) is 37.3 Å². The van der Waals surface area contributed by atoms with Crippen LogP contribution in [0.5, 0.6) is 0 Å². The van der Waals surface area contributed by atoms with Crippen LogP contribution >= 0.6 is 0 Å². The Morgan fingerprint density at radius 3 is 2.67 bits per heavy atom. The van der Waals surface area contributed by atoms with Gasteiger partial charge >= 0.3 is 5.97 Å². The summed E-state index contributed by atoms with van der Waals surface area (Å²) in [7, 11) is 0. The molecule has 1 saturated carbocycles. The van der Waals surface area contributed by atoms with Gasteiger partial charge in [-0.2, -0.15) is 0 Å². The van der Waals surface area contributed by atoms with Gasteiger partial charge in [0, 0.05) is 0 Å². The van der Waals surface area contributed by atoms with Crippen LogP contribution in [0.1, 0.15) is 26.2 Å². The first-order valence-electron chi connectivity index (χ1n) is 4.61. The molecule has 2 rings (SSSR count). The minimum atomic E-state index is -0.596. The highest BCUT2D eigenvalue weighted by Crippen LogP contribution is 2.53. The lowest BCUT2D eigenvalue weighted by Crippen LogP contribution is -2.34. The zero-order valence-electron chi connectivity index (χ0n) is 7.29. The van der Waals surface area contributed by atoms with Crippen molar-refractivity contribution in [2.24, 2.45) is 17.3 Å². The van der Waals surface area contributed by atoms with Crippen LogP contribution in [0.25, 0.3) is 0 Å². The molecule has 1 N–H and O–H groups in total. The van der Waals surface area contributed by atoms with Gasteiger partial charge in [-0.05, 0) is 31.1 Å². The van der Waals surface area contributed by atoms with Crippen molar-refractivity contribution < 1.29 is 9.90 Å². The van der Waals surface area contributed by atoms with Crippen LogP contribution < -0.4 is 0 Å². The molecule has 3 atom stereocenters. The molecule has 2 aliphatic rings. The van der Waals surface area contributed by atoms with Crippen LogP contribution in [-0.2, 0) is 4.79 Å². The van der Waals surface area contributed by atoms with E-state index in [2.05, 4.69) is 12.2 Å². The second kappa shape index (κ2) is 2.35. The number of carboxylic acid groups (broad SMARTS) is 1. The van der Waals surface area contributed by atoms with Crippen LogP contribution in [0.15, 0.2) is 12.2 Å². The summed E-state index contributed by atoms with van der Waals surface area (Å²) < 4.78 is 0. The second-order valence-electron chi connectivity index (χ2n) is 4.01. The van der Waals surface area contributed by atoms with E-state index in [-0.39, 0.29) is 0 Å². The Morgan fingerprint density at radius 1 is 1.67 bits per heavy atom. The molecule has 0 aliphatic heterocycles. The fraction of sp³-hybridized carbons (Fsp3) is 0.700. The van der Waals surface area contributed by atoms with E-state index in [1.165, 1.54) is 0 Å². The average molecular weight is 166 g/mol. The van der Waals surface area contributed by atoms with Gasteiger partial charge in [0.2, 0.25) is 0 Å². The molecule has 0 aromatic rings. The summed E-state index contributed by atoms with van der Waals surface area (Å²) >= 11 is 0. The van der Waals surface area contributed by atoms with Crippen LogP contribution in [-0.4, -0.2) is 11.1 Å². The molecule has 2 bridgehead atoms. The lowest BCUT2D eigenvalue weighted by Gasteiger charge is -2.29. The molecule has 0 aromatic heterocycles. The summed E-state index contributed by atoms with van der Waals surface area (Å²) in [6.07, 6.45) is 6.99. The molecule has 2 heteroatoms.